The van der Waals surface area contributed by atoms with E-state index in [1.165, 1.54) is 7.05 Å². The normalized spacial score (nSPS) is 11.4. The number of nitrogens with two attached hydrogens (primary N) is 1. The van der Waals surface area contributed by atoms with Crippen LogP contribution in [0.15, 0.2) is 6.20 Å². The van der Waals surface area contributed by atoms with Crippen molar-refractivity contribution in [1.82, 2.24) is 14.7 Å². The van der Waals surface area contributed by atoms with E-state index in [1.807, 2.05) is 6.92 Å². The van der Waals surface area contributed by atoms with Gasteiger partial charge in [-0.05, 0) is 14.0 Å². The Morgan fingerprint density at radius 2 is 2.19 bits per heavy atom. The first-order valence-electron chi connectivity index (χ1n) is 4.69. The van der Waals surface area contributed by atoms with Gasteiger partial charge in [-0.15, -0.1) is 0 Å². The monoisotopic (exact) mass is 245 g/mol. The quantitative estimate of drug-likeness (QED) is 0.634. The highest BCUT2D eigenvalue weighted by Gasteiger charge is 2.07. The maximum absolute atomic E-state index is 11.1. The molecule has 1 heterocycles. The molecule has 0 aliphatic rings. The highest BCUT2D eigenvalue weighted by molar-refractivity contribution is 7.89. The van der Waals surface area contributed by atoms with Gasteiger partial charge in [-0.25, -0.2) is 18.1 Å². The van der Waals surface area contributed by atoms with E-state index in [4.69, 9.17) is 5.73 Å². The van der Waals surface area contributed by atoms with Crippen LogP contribution >= 0.6 is 0 Å². The van der Waals surface area contributed by atoms with Crippen LogP contribution in [0.3, 0.4) is 0 Å². The molecule has 0 bridgehead atoms. The number of nitrogen functional groups attached to an aromatic ring is 1. The number of hydrogen-bond donors (Lipinski definition) is 3. The van der Waals surface area contributed by atoms with Crippen molar-refractivity contribution in [2.75, 3.05) is 30.4 Å². The second-order valence-electron chi connectivity index (χ2n) is 3.21. The van der Waals surface area contributed by atoms with Crippen molar-refractivity contribution < 1.29 is 8.42 Å². The lowest BCUT2D eigenvalue weighted by atomic mass is 10.3. The SMILES string of the molecule is CNS(=O)(=O)CCNc1nc(N)ncc1C. The fourth-order valence-corrected chi connectivity index (χ4v) is 1.62. The van der Waals surface area contributed by atoms with Crippen LogP contribution in [-0.2, 0) is 10.0 Å². The third kappa shape index (κ3) is 3.63. The Hall–Kier alpha value is -1.41. The maximum Gasteiger partial charge on any atom is 0.221 e. The summed E-state index contributed by atoms with van der Waals surface area (Å²) in [5, 5.41) is 2.89. The van der Waals surface area contributed by atoms with Crippen LogP contribution in [0.1, 0.15) is 5.56 Å². The Morgan fingerprint density at radius 3 is 2.81 bits per heavy atom. The topological polar surface area (TPSA) is 110 Å². The van der Waals surface area contributed by atoms with Gasteiger partial charge in [0.25, 0.3) is 0 Å². The fraction of sp³-hybridized carbons (Fsp3) is 0.500. The summed E-state index contributed by atoms with van der Waals surface area (Å²) in [6.45, 7) is 2.08. The zero-order valence-corrected chi connectivity index (χ0v) is 10.0. The Balaban J connectivity index is 2.59. The molecule has 0 atom stereocenters. The Labute approximate surface area is 94.5 Å². The second-order valence-corrected chi connectivity index (χ2v) is 5.26. The van der Waals surface area contributed by atoms with E-state index in [0.29, 0.717) is 5.82 Å². The molecule has 0 aliphatic carbocycles. The molecule has 90 valence electrons. The molecule has 0 amide bonds. The summed E-state index contributed by atoms with van der Waals surface area (Å²) in [6.07, 6.45) is 1.58. The lowest BCUT2D eigenvalue weighted by Crippen LogP contribution is -2.26. The predicted molar refractivity (Wildman–Crippen MR) is 62.5 cm³/mol. The van der Waals surface area contributed by atoms with E-state index >= 15 is 0 Å². The Morgan fingerprint density at radius 1 is 1.50 bits per heavy atom. The van der Waals surface area contributed by atoms with Gasteiger partial charge in [0.1, 0.15) is 5.82 Å². The van der Waals surface area contributed by atoms with E-state index in [1.54, 1.807) is 6.20 Å². The van der Waals surface area contributed by atoms with Crippen molar-refractivity contribution >= 4 is 21.8 Å². The molecule has 0 aromatic carbocycles. The minimum Gasteiger partial charge on any atom is -0.369 e. The zero-order chi connectivity index (χ0) is 12.2. The first kappa shape index (κ1) is 12.7. The molecule has 0 unspecified atom stereocenters. The van der Waals surface area contributed by atoms with Gasteiger partial charge in [0.05, 0.1) is 5.75 Å². The number of anilines is 2. The number of sulfonamides is 1. The maximum atomic E-state index is 11.1. The van der Waals surface area contributed by atoms with Crippen LogP contribution in [-0.4, -0.2) is 37.7 Å². The fourth-order valence-electron chi connectivity index (χ4n) is 1.04. The molecule has 4 N–H and O–H groups in total. The van der Waals surface area contributed by atoms with Gasteiger partial charge in [0.15, 0.2) is 0 Å². The van der Waals surface area contributed by atoms with Crippen LogP contribution in [0.2, 0.25) is 0 Å². The van der Waals surface area contributed by atoms with Crippen molar-refractivity contribution in [3.8, 4) is 0 Å². The van der Waals surface area contributed by atoms with E-state index < -0.39 is 10.0 Å². The summed E-state index contributed by atoms with van der Waals surface area (Å²) >= 11 is 0. The van der Waals surface area contributed by atoms with Crippen LogP contribution in [0.4, 0.5) is 11.8 Å². The van der Waals surface area contributed by atoms with Gasteiger partial charge in [-0.1, -0.05) is 0 Å². The van der Waals surface area contributed by atoms with E-state index in [-0.39, 0.29) is 18.2 Å². The molecule has 0 radical (unpaired) electrons. The molecular formula is C8H15N5O2S. The molecule has 1 aromatic heterocycles. The van der Waals surface area contributed by atoms with Crippen molar-refractivity contribution in [2.45, 2.75) is 6.92 Å². The highest BCUT2D eigenvalue weighted by Crippen LogP contribution is 2.10. The third-order valence-corrected chi connectivity index (χ3v) is 3.33. The number of nitrogens with zero attached hydrogens (tertiary/aromatic N) is 2. The van der Waals surface area contributed by atoms with Gasteiger partial charge in [-0.2, -0.15) is 4.98 Å². The van der Waals surface area contributed by atoms with Crippen molar-refractivity contribution in [3.05, 3.63) is 11.8 Å². The molecule has 1 aromatic rings. The predicted octanol–water partition coefficient (Wildman–Crippen LogP) is -0.672. The minimum absolute atomic E-state index is 0.0210. The molecular weight excluding hydrogens is 230 g/mol. The highest BCUT2D eigenvalue weighted by atomic mass is 32.2. The summed E-state index contributed by atoms with van der Waals surface area (Å²) in [7, 11) is -1.82. The van der Waals surface area contributed by atoms with E-state index in [2.05, 4.69) is 20.0 Å². The lowest BCUT2D eigenvalue weighted by Gasteiger charge is -2.08. The molecule has 0 aliphatic heterocycles. The van der Waals surface area contributed by atoms with Crippen LogP contribution < -0.4 is 15.8 Å². The molecule has 1 rings (SSSR count). The third-order valence-electron chi connectivity index (χ3n) is 1.96. The molecule has 0 fully saturated rings. The number of hydrogen-bond acceptors (Lipinski definition) is 6. The van der Waals surface area contributed by atoms with Crippen molar-refractivity contribution in [2.24, 2.45) is 0 Å². The van der Waals surface area contributed by atoms with Crippen LogP contribution in [0.25, 0.3) is 0 Å². The number of nitrogens with one attached hydrogen (secondary N) is 2. The molecule has 0 saturated carbocycles. The number of rotatable bonds is 5. The van der Waals surface area contributed by atoms with E-state index in [9.17, 15) is 8.42 Å². The zero-order valence-electron chi connectivity index (χ0n) is 9.19. The molecule has 0 spiro atoms. The van der Waals surface area contributed by atoms with Crippen LogP contribution in [0.5, 0.6) is 0 Å². The van der Waals surface area contributed by atoms with Gasteiger partial charge < -0.3 is 11.1 Å². The number of aryl methyl sites for hydroxylation is 1. The average molecular weight is 245 g/mol. The summed E-state index contributed by atoms with van der Waals surface area (Å²) < 4.78 is 24.5. The summed E-state index contributed by atoms with van der Waals surface area (Å²) in [6, 6.07) is 0. The van der Waals surface area contributed by atoms with Gasteiger partial charge >= 0.3 is 0 Å². The largest absolute Gasteiger partial charge is 0.369 e. The molecule has 7 nitrogen and oxygen atoms in total. The standard InChI is InChI=1S/C8H15N5O2S/c1-6-5-12-8(9)13-7(6)11-3-4-16(14,15)10-2/h5,10H,3-4H2,1-2H3,(H3,9,11,12,13). The number of aromatic nitrogens is 2. The smallest absolute Gasteiger partial charge is 0.221 e. The summed E-state index contributed by atoms with van der Waals surface area (Å²) in [5.41, 5.74) is 6.23. The first-order chi connectivity index (χ1) is 7.44. The lowest BCUT2D eigenvalue weighted by molar-refractivity contribution is 0.588. The summed E-state index contributed by atoms with van der Waals surface area (Å²) in [5.74, 6) is 0.690. The van der Waals surface area contributed by atoms with Crippen LogP contribution in [0, 0.1) is 6.92 Å². The molecule has 16 heavy (non-hydrogen) atoms. The van der Waals surface area contributed by atoms with Gasteiger partial charge in [0, 0.05) is 18.3 Å². The second kappa shape index (κ2) is 5.08. The first-order valence-corrected chi connectivity index (χ1v) is 6.34. The summed E-state index contributed by atoms with van der Waals surface area (Å²) in [4.78, 5) is 7.77. The average Bonchev–Trinajstić information content (AvgIpc) is 2.23. The molecule has 8 heteroatoms. The minimum atomic E-state index is -3.20. The van der Waals surface area contributed by atoms with Gasteiger partial charge in [-0.3, -0.25) is 0 Å². The Bertz CT molecular complexity index is 459. The Kier molecular flexibility index (Phi) is 4.02. The van der Waals surface area contributed by atoms with Crippen molar-refractivity contribution in [3.63, 3.8) is 0 Å². The van der Waals surface area contributed by atoms with Crippen molar-refractivity contribution in [1.29, 1.82) is 0 Å². The molecule has 0 saturated heterocycles. The van der Waals surface area contributed by atoms with E-state index in [0.717, 1.165) is 5.56 Å². The van der Waals surface area contributed by atoms with Gasteiger partial charge in [0.2, 0.25) is 16.0 Å².